The molecule has 2 aliphatic heterocycles. The summed E-state index contributed by atoms with van der Waals surface area (Å²) in [4.78, 5) is 25.4. The number of nitrogens with one attached hydrogen (secondary N) is 1. The zero-order valence-corrected chi connectivity index (χ0v) is 12.0. The number of aliphatic carboxylic acids is 1. The minimum absolute atomic E-state index is 0.0705. The van der Waals surface area contributed by atoms with Crippen LogP contribution in [-0.4, -0.2) is 60.8 Å². The third-order valence-electron chi connectivity index (χ3n) is 4.35. The van der Waals surface area contributed by atoms with E-state index in [1.54, 1.807) is 4.90 Å². The van der Waals surface area contributed by atoms with Gasteiger partial charge in [-0.3, -0.25) is 9.59 Å². The maximum Gasteiger partial charge on any atom is 0.311 e. The Balaban J connectivity index is 1.95. The number of carboxylic acid groups (broad SMARTS) is 1. The van der Waals surface area contributed by atoms with Gasteiger partial charge in [0.05, 0.1) is 19.3 Å². The van der Waals surface area contributed by atoms with Crippen LogP contribution in [0.15, 0.2) is 0 Å². The van der Waals surface area contributed by atoms with Gasteiger partial charge in [0.2, 0.25) is 5.91 Å². The Bertz CT molecular complexity index is 355. The molecule has 2 saturated heterocycles. The first-order chi connectivity index (χ1) is 9.63. The van der Waals surface area contributed by atoms with E-state index in [9.17, 15) is 14.7 Å². The standard InChI is InChI=1S/C14H24N2O4/c1-2-16(12-9-20-8-11(12)14(18)19)13(17)7-10-3-5-15-6-4-10/h10-12,15H,2-9H2,1H3,(H,18,19). The van der Waals surface area contributed by atoms with E-state index in [0.717, 1.165) is 25.9 Å². The molecule has 2 unspecified atom stereocenters. The molecule has 6 nitrogen and oxygen atoms in total. The van der Waals surface area contributed by atoms with Crippen molar-refractivity contribution in [2.24, 2.45) is 11.8 Å². The van der Waals surface area contributed by atoms with Crippen LogP contribution in [-0.2, 0) is 14.3 Å². The average Bonchev–Trinajstić information content (AvgIpc) is 2.90. The monoisotopic (exact) mass is 284 g/mol. The summed E-state index contributed by atoms with van der Waals surface area (Å²) in [6.45, 7) is 4.92. The quantitative estimate of drug-likeness (QED) is 0.760. The molecular formula is C14H24N2O4. The summed E-state index contributed by atoms with van der Waals surface area (Å²) in [6.07, 6.45) is 2.57. The van der Waals surface area contributed by atoms with Gasteiger partial charge in [0.1, 0.15) is 5.92 Å². The molecule has 114 valence electrons. The molecule has 0 aromatic heterocycles. The zero-order chi connectivity index (χ0) is 14.5. The number of carboxylic acids is 1. The molecule has 0 bridgehead atoms. The minimum atomic E-state index is -0.874. The summed E-state index contributed by atoms with van der Waals surface area (Å²) >= 11 is 0. The van der Waals surface area contributed by atoms with E-state index in [-0.39, 0.29) is 18.6 Å². The van der Waals surface area contributed by atoms with Crippen molar-refractivity contribution in [1.82, 2.24) is 10.2 Å². The fourth-order valence-electron chi connectivity index (χ4n) is 3.13. The largest absolute Gasteiger partial charge is 0.481 e. The highest BCUT2D eigenvalue weighted by molar-refractivity contribution is 5.79. The lowest BCUT2D eigenvalue weighted by molar-refractivity contribution is -0.145. The van der Waals surface area contributed by atoms with Gasteiger partial charge in [-0.05, 0) is 38.8 Å². The van der Waals surface area contributed by atoms with Crippen molar-refractivity contribution in [3.05, 3.63) is 0 Å². The van der Waals surface area contributed by atoms with E-state index in [2.05, 4.69) is 5.32 Å². The number of hydrogen-bond acceptors (Lipinski definition) is 4. The van der Waals surface area contributed by atoms with Gasteiger partial charge in [-0.2, -0.15) is 0 Å². The highest BCUT2D eigenvalue weighted by Gasteiger charge is 2.39. The van der Waals surface area contributed by atoms with Crippen molar-refractivity contribution >= 4 is 11.9 Å². The molecule has 2 rings (SSSR count). The lowest BCUT2D eigenvalue weighted by Crippen LogP contribution is -2.47. The number of likely N-dealkylation sites (N-methyl/N-ethyl adjacent to an activating group) is 1. The minimum Gasteiger partial charge on any atom is -0.481 e. The number of carbonyl (C=O) groups is 2. The number of piperidine rings is 1. The van der Waals surface area contributed by atoms with Gasteiger partial charge in [-0.1, -0.05) is 0 Å². The van der Waals surface area contributed by atoms with Crippen LogP contribution in [0.2, 0.25) is 0 Å². The Morgan fingerprint density at radius 2 is 2.00 bits per heavy atom. The Labute approximate surface area is 119 Å². The SMILES string of the molecule is CCN(C(=O)CC1CCNCC1)C1COCC1C(=O)O. The van der Waals surface area contributed by atoms with Gasteiger partial charge in [-0.15, -0.1) is 0 Å². The van der Waals surface area contributed by atoms with Crippen molar-refractivity contribution in [2.45, 2.75) is 32.2 Å². The molecule has 2 N–H and O–H groups in total. The fourth-order valence-corrected chi connectivity index (χ4v) is 3.13. The van der Waals surface area contributed by atoms with Gasteiger partial charge in [-0.25, -0.2) is 0 Å². The van der Waals surface area contributed by atoms with Gasteiger partial charge in [0.15, 0.2) is 0 Å². The summed E-state index contributed by atoms with van der Waals surface area (Å²) in [5.41, 5.74) is 0. The van der Waals surface area contributed by atoms with Crippen molar-refractivity contribution in [3.8, 4) is 0 Å². The number of hydrogen-bond donors (Lipinski definition) is 2. The van der Waals surface area contributed by atoms with Crippen LogP contribution in [0.1, 0.15) is 26.2 Å². The highest BCUT2D eigenvalue weighted by Crippen LogP contribution is 2.23. The van der Waals surface area contributed by atoms with Crippen LogP contribution in [0, 0.1) is 11.8 Å². The third kappa shape index (κ3) is 3.49. The lowest BCUT2D eigenvalue weighted by atomic mass is 9.93. The normalized spacial score (nSPS) is 27.4. The van der Waals surface area contributed by atoms with Crippen molar-refractivity contribution in [2.75, 3.05) is 32.8 Å². The molecule has 20 heavy (non-hydrogen) atoms. The predicted molar refractivity (Wildman–Crippen MR) is 73.3 cm³/mol. The molecule has 6 heteroatoms. The molecule has 2 heterocycles. The van der Waals surface area contributed by atoms with E-state index >= 15 is 0 Å². The molecule has 0 aromatic carbocycles. The second kappa shape index (κ2) is 7.04. The Hall–Kier alpha value is -1.14. The van der Waals surface area contributed by atoms with Gasteiger partial charge in [0, 0.05) is 13.0 Å². The number of nitrogens with zero attached hydrogens (tertiary/aromatic N) is 1. The van der Waals surface area contributed by atoms with E-state index in [1.807, 2.05) is 6.92 Å². The van der Waals surface area contributed by atoms with Crippen molar-refractivity contribution < 1.29 is 19.4 Å². The fraction of sp³-hybridized carbons (Fsp3) is 0.857. The van der Waals surface area contributed by atoms with E-state index in [4.69, 9.17) is 4.74 Å². The average molecular weight is 284 g/mol. The van der Waals surface area contributed by atoms with Crippen LogP contribution < -0.4 is 5.32 Å². The second-order valence-corrected chi connectivity index (χ2v) is 5.63. The predicted octanol–water partition coefficient (Wildman–Crippen LogP) is 0.324. The van der Waals surface area contributed by atoms with Crippen LogP contribution in [0.3, 0.4) is 0 Å². The lowest BCUT2D eigenvalue weighted by Gasteiger charge is -2.31. The summed E-state index contributed by atoms with van der Waals surface area (Å²) in [5.74, 6) is -0.975. The van der Waals surface area contributed by atoms with E-state index < -0.39 is 11.9 Å². The van der Waals surface area contributed by atoms with E-state index in [1.165, 1.54) is 0 Å². The molecule has 2 aliphatic rings. The maximum atomic E-state index is 12.5. The molecule has 0 aliphatic carbocycles. The van der Waals surface area contributed by atoms with Gasteiger partial charge in [0.25, 0.3) is 0 Å². The van der Waals surface area contributed by atoms with Crippen LogP contribution in [0.25, 0.3) is 0 Å². The van der Waals surface area contributed by atoms with Crippen molar-refractivity contribution in [3.63, 3.8) is 0 Å². The zero-order valence-electron chi connectivity index (χ0n) is 12.0. The molecule has 2 atom stereocenters. The summed E-state index contributed by atoms with van der Waals surface area (Å²) < 4.78 is 5.27. The van der Waals surface area contributed by atoms with Crippen LogP contribution in [0.5, 0.6) is 0 Å². The molecule has 0 saturated carbocycles. The number of ether oxygens (including phenoxy) is 1. The first kappa shape index (κ1) is 15.3. The molecule has 0 radical (unpaired) electrons. The van der Waals surface area contributed by atoms with Gasteiger partial charge >= 0.3 is 5.97 Å². The second-order valence-electron chi connectivity index (χ2n) is 5.63. The third-order valence-corrected chi connectivity index (χ3v) is 4.35. The maximum absolute atomic E-state index is 12.5. The summed E-state index contributed by atoms with van der Waals surface area (Å²) in [5, 5.41) is 12.5. The molecule has 1 amide bonds. The number of carbonyl (C=O) groups excluding carboxylic acids is 1. The smallest absolute Gasteiger partial charge is 0.311 e. The first-order valence-electron chi connectivity index (χ1n) is 7.44. The summed E-state index contributed by atoms with van der Waals surface area (Å²) in [7, 11) is 0. The number of rotatable bonds is 5. The Kier molecular flexibility index (Phi) is 5.37. The van der Waals surface area contributed by atoms with Crippen LogP contribution >= 0.6 is 0 Å². The Morgan fingerprint density at radius 3 is 2.60 bits per heavy atom. The first-order valence-corrected chi connectivity index (χ1v) is 7.44. The number of amides is 1. The Morgan fingerprint density at radius 1 is 1.30 bits per heavy atom. The molecule has 0 aromatic rings. The van der Waals surface area contributed by atoms with E-state index in [0.29, 0.717) is 25.5 Å². The highest BCUT2D eigenvalue weighted by atomic mass is 16.5. The summed E-state index contributed by atoms with van der Waals surface area (Å²) in [6, 6.07) is -0.313. The van der Waals surface area contributed by atoms with Crippen LogP contribution in [0.4, 0.5) is 0 Å². The molecule has 2 fully saturated rings. The molecular weight excluding hydrogens is 260 g/mol. The van der Waals surface area contributed by atoms with Crippen molar-refractivity contribution in [1.29, 1.82) is 0 Å². The van der Waals surface area contributed by atoms with Gasteiger partial charge < -0.3 is 20.1 Å². The molecule has 0 spiro atoms. The topological polar surface area (TPSA) is 78.9 Å².